The molecule has 2 aliphatic heterocycles. The minimum atomic E-state index is 0.00827. The van der Waals surface area contributed by atoms with Crippen LogP contribution in [0.2, 0.25) is 5.02 Å². The molecular formula is C14H18ClNO2. The first-order valence-electron chi connectivity index (χ1n) is 6.54. The lowest BCUT2D eigenvalue weighted by Gasteiger charge is -2.26. The van der Waals surface area contributed by atoms with Crippen LogP contribution in [0.25, 0.3) is 0 Å². The van der Waals surface area contributed by atoms with E-state index in [-0.39, 0.29) is 5.54 Å². The minimum absolute atomic E-state index is 0.00827. The Morgan fingerprint density at radius 2 is 2.06 bits per heavy atom. The van der Waals surface area contributed by atoms with Crippen LogP contribution in [-0.4, -0.2) is 19.8 Å². The zero-order valence-electron chi connectivity index (χ0n) is 10.6. The van der Waals surface area contributed by atoms with Crippen LogP contribution in [0, 0.1) is 0 Å². The topological polar surface area (TPSA) is 30.5 Å². The molecule has 0 saturated carbocycles. The smallest absolute Gasteiger partial charge is 0.179 e. The van der Waals surface area contributed by atoms with Gasteiger partial charge in [-0.1, -0.05) is 11.6 Å². The maximum Gasteiger partial charge on any atom is 0.179 e. The second kappa shape index (κ2) is 4.63. The molecule has 0 amide bonds. The highest BCUT2D eigenvalue weighted by atomic mass is 35.5. The molecule has 1 saturated heterocycles. The van der Waals surface area contributed by atoms with Crippen LogP contribution in [0.3, 0.4) is 0 Å². The van der Waals surface area contributed by atoms with E-state index in [2.05, 4.69) is 18.3 Å². The summed E-state index contributed by atoms with van der Waals surface area (Å²) in [4.78, 5) is 0. The van der Waals surface area contributed by atoms with E-state index in [1.54, 1.807) is 0 Å². The van der Waals surface area contributed by atoms with Crippen LogP contribution in [0.1, 0.15) is 31.7 Å². The Morgan fingerprint density at radius 1 is 1.22 bits per heavy atom. The summed E-state index contributed by atoms with van der Waals surface area (Å²) < 4.78 is 11.4. The van der Waals surface area contributed by atoms with E-state index in [9.17, 15) is 0 Å². The molecule has 1 atom stereocenters. The van der Waals surface area contributed by atoms with Gasteiger partial charge in [0, 0.05) is 12.0 Å². The lowest BCUT2D eigenvalue weighted by molar-refractivity contribution is 0.296. The molecule has 98 valence electrons. The van der Waals surface area contributed by atoms with Gasteiger partial charge >= 0.3 is 0 Å². The Hall–Kier alpha value is -0.930. The number of hydrogen-bond acceptors (Lipinski definition) is 3. The Balaban J connectivity index is 2.02. The van der Waals surface area contributed by atoms with Crippen molar-refractivity contribution in [2.45, 2.75) is 31.7 Å². The largest absolute Gasteiger partial charge is 0.489 e. The normalized spacial score (nSPS) is 27.0. The summed E-state index contributed by atoms with van der Waals surface area (Å²) in [5.41, 5.74) is 1.20. The predicted octanol–water partition coefficient (Wildman–Crippen LogP) is 3.10. The summed E-state index contributed by atoms with van der Waals surface area (Å²) >= 11 is 6.33. The average molecular weight is 268 g/mol. The number of nitrogens with one attached hydrogen (secondary N) is 1. The SMILES string of the molecule is CC1(c2cc(Cl)c3c(c2)OCCCO3)CCCN1. The number of fused-ring (bicyclic) bond motifs is 1. The van der Waals surface area contributed by atoms with E-state index in [0.29, 0.717) is 24.0 Å². The van der Waals surface area contributed by atoms with E-state index >= 15 is 0 Å². The van der Waals surface area contributed by atoms with Crippen LogP contribution in [0.15, 0.2) is 12.1 Å². The fourth-order valence-corrected chi connectivity index (χ4v) is 2.96. The summed E-state index contributed by atoms with van der Waals surface area (Å²) in [6.07, 6.45) is 3.22. The summed E-state index contributed by atoms with van der Waals surface area (Å²) in [7, 11) is 0. The maximum absolute atomic E-state index is 6.33. The highest BCUT2D eigenvalue weighted by Crippen LogP contribution is 2.42. The van der Waals surface area contributed by atoms with Gasteiger partial charge in [-0.2, -0.15) is 0 Å². The molecule has 0 spiro atoms. The lowest BCUT2D eigenvalue weighted by Crippen LogP contribution is -2.33. The number of rotatable bonds is 1. The van der Waals surface area contributed by atoms with Crippen molar-refractivity contribution in [2.24, 2.45) is 0 Å². The lowest BCUT2D eigenvalue weighted by atomic mass is 9.90. The highest BCUT2D eigenvalue weighted by molar-refractivity contribution is 6.32. The summed E-state index contributed by atoms with van der Waals surface area (Å²) in [6.45, 7) is 4.64. The van der Waals surface area contributed by atoms with Crippen LogP contribution >= 0.6 is 11.6 Å². The van der Waals surface area contributed by atoms with Crippen LogP contribution in [-0.2, 0) is 5.54 Å². The van der Waals surface area contributed by atoms with Crippen LogP contribution < -0.4 is 14.8 Å². The molecule has 2 heterocycles. The Kier molecular flexibility index (Phi) is 3.12. The Labute approximate surface area is 112 Å². The molecule has 3 rings (SSSR count). The quantitative estimate of drug-likeness (QED) is 0.848. The molecular weight excluding hydrogens is 250 g/mol. The molecule has 4 heteroatoms. The van der Waals surface area contributed by atoms with Gasteiger partial charge in [0.1, 0.15) is 0 Å². The van der Waals surface area contributed by atoms with Gasteiger partial charge in [-0.3, -0.25) is 0 Å². The van der Waals surface area contributed by atoms with E-state index < -0.39 is 0 Å². The monoisotopic (exact) mass is 267 g/mol. The van der Waals surface area contributed by atoms with Gasteiger partial charge < -0.3 is 14.8 Å². The highest BCUT2D eigenvalue weighted by Gasteiger charge is 2.31. The second-order valence-electron chi connectivity index (χ2n) is 5.20. The Bertz CT molecular complexity index is 455. The van der Waals surface area contributed by atoms with Crippen molar-refractivity contribution in [1.29, 1.82) is 0 Å². The van der Waals surface area contributed by atoms with E-state index in [4.69, 9.17) is 21.1 Å². The molecule has 1 fully saturated rings. The molecule has 0 aromatic heterocycles. The van der Waals surface area contributed by atoms with Crippen molar-refractivity contribution in [3.63, 3.8) is 0 Å². The molecule has 18 heavy (non-hydrogen) atoms. The molecule has 0 bridgehead atoms. The minimum Gasteiger partial charge on any atom is -0.489 e. The van der Waals surface area contributed by atoms with Crippen molar-refractivity contribution in [1.82, 2.24) is 5.32 Å². The third-order valence-electron chi connectivity index (χ3n) is 3.81. The molecule has 2 aliphatic rings. The average Bonchev–Trinajstić information content (AvgIpc) is 2.66. The van der Waals surface area contributed by atoms with Gasteiger partial charge in [-0.05, 0) is 44.0 Å². The first-order chi connectivity index (χ1) is 8.69. The molecule has 1 aromatic carbocycles. The molecule has 0 radical (unpaired) electrons. The fourth-order valence-electron chi connectivity index (χ4n) is 2.69. The third kappa shape index (κ3) is 2.06. The van der Waals surface area contributed by atoms with E-state index in [1.165, 1.54) is 12.0 Å². The van der Waals surface area contributed by atoms with E-state index in [0.717, 1.165) is 25.1 Å². The molecule has 1 aromatic rings. The second-order valence-corrected chi connectivity index (χ2v) is 5.61. The number of hydrogen-bond donors (Lipinski definition) is 1. The van der Waals surface area contributed by atoms with Crippen molar-refractivity contribution in [2.75, 3.05) is 19.8 Å². The van der Waals surface area contributed by atoms with Crippen molar-refractivity contribution in [3.05, 3.63) is 22.7 Å². The van der Waals surface area contributed by atoms with Gasteiger partial charge in [0.25, 0.3) is 0 Å². The van der Waals surface area contributed by atoms with Crippen molar-refractivity contribution in [3.8, 4) is 11.5 Å². The standard InChI is InChI=1S/C14H18ClNO2/c1-14(4-2-5-16-14)10-8-11(15)13-12(9-10)17-6-3-7-18-13/h8-9,16H,2-7H2,1H3. The van der Waals surface area contributed by atoms with Crippen LogP contribution in [0.5, 0.6) is 11.5 Å². The predicted molar refractivity (Wildman–Crippen MR) is 71.6 cm³/mol. The van der Waals surface area contributed by atoms with E-state index in [1.807, 2.05) is 6.07 Å². The first kappa shape index (κ1) is 12.1. The number of benzene rings is 1. The number of halogens is 1. The summed E-state index contributed by atoms with van der Waals surface area (Å²) in [5, 5.41) is 4.20. The maximum atomic E-state index is 6.33. The van der Waals surface area contributed by atoms with Gasteiger partial charge in [-0.15, -0.1) is 0 Å². The van der Waals surface area contributed by atoms with Gasteiger partial charge in [0.2, 0.25) is 0 Å². The fraction of sp³-hybridized carbons (Fsp3) is 0.571. The zero-order valence-corrected chi connectivity index (χ0v) is 11.3. The molecule has 1 unspecified atom stereocenters. The van der Waals surface area contributed by atoms with Gasteiger partial charge in [0.05, 0.1) is 18.2 Å². The Morgan fingerprint density at radius 3 is 2.83 bits per heavy atom. The third-order valence-corrected chi connectivity index (χ3v) is 4.09. The molecule has 1 N–H and O–H groups in total. The number of ether oxygens (including phenoxy) is 2. The van der Waals surface area contributed by atoms with Crippen molar-refractivity contribution >= 4 is 11.6 Å². The molecule has 0 aliphatic carbocycles. The molecule has 3 nitrogen and oxygen atoms in total. The van der Waals surface area contributed by atoms with Crippen molar-refractivity contribution < 1.29 is 9.47 Å². The zero-order chi connectivity index (χ0) is 12.6. The summed E-state index contributed by atoms with van der Waals surface area (Å²) in [6, 6.07) is 4.08. The first-order valence-corrected chi connectivity index (χ1v) is 6.91. The van der Waals surface area contributed by atoms with Gasteiger partial charge in [-0.25, -0.2) is 0 Å². The van der Waals surface area contributed by atoms with Gasteiger partial charge in [0.15, 0.2) is 11.5 Å². The summed E-state index contributed by atoms with van der Waals surface area (Å²) in [5.74, 6) is 1.48. The van der Waals surface area contributed by atoms with Crippen LogP contribution in [0.4, 0.5) is 0 Å².